The highest BCUT2D eigenvalue weighted by Gasteiger charge is 2.26. The summed E-state index contributed by atoms with van der Waals surface area (Å²) in [6.45, 7) is 6.05. The van der Waals surface area contributed by atoms with Gasteiger partial charge >= 0.3 is 0 Å². The molecule has 28 heavy (non-hydrogen) atoms. The fourth-order valence-corrected chi connectivity index (χ4v) is 3.65. The standard InChI is InChI=1S/C21H28N6O/c1-4-25(2)18-7-5-16(6-8-18)20-23-21(28-24-20)17-9-12-27(13-10-17)15-19-22-11-14-26(19)3/h5-8,11,14,17H,4,9-10,12-13,15H2,1-3H3. The van der Waals surface area contributed by atoms with Gasteiger partial charge in [-0.25, -0.2) is 4.98 Å². The summed E-state index contributed by atoms with van der Waals surface area (Å²) >= 11 is 0. The number of piperidine rings is 1. The lowest BCUT2D eigenvalue weighted by molar-refractivity contribution is 0.183. The van der Waals surface area contributed by atoms with Gasteiger partial charge in [-0.05, 0) is 57.1 Å². The maximum atomic E-state index is 5.61. The lowest BCUT2D eigenvalue weighted by Gasteiger charge is -2.29. The summed E-state index contributed by atoms with van der Waals surface area (Å²) in [7, 11) is 4.13. The molecule has 2 aromatic heterocycles. The first-order valence-corrected chi connectivity index (χ1v) is 9.97. The predicted octanol–water partition coefficient (Wildman–Crippen LogP) is 3.31. The summed E-state index contributed by atoms with van der Waals surface area (Å²) in [5, 5.41) is 4.22. The van der Waals surface area contributed by atoms with Crippen molar-refractivity contribution in [2.75, 3.05) is 31.6 Å². The van der Waals surface area contributed by atoms with Crippen LogP contribution in [0.2, 0.25) is 0 Å². The second-order valence-corrected chi connectivity index (χ2v) is 7.52. The minimum absolute atomic E-state index is 0.337. The number of anilines is 1. The molecule has 7 heteroatoms. The van der Waals surface area contributed by atoms with Gasteiger partial charge in [-0.15, -0.1) is 0 Å². The largest absolute Gasteiger partial charge is 0.375 e. The fraction of sp³-hybridized carbons (Fsp3) is 0.476. The highest BCUT2D eigenvalue weighted by Crippen LogP contribution is 2.29. The quantitative estimate of drug-likeness (QED) is 0.654. The zero-order valence-corrected chi connectivity index (χ0v) is 16.9. The van der Waals surface area contributed by atoms with Crippen LogP contribution in [0.25, 0.3) is 11.4 Å². The summed E-state index contributed by atoms with van der Waals surface area (Å²) in [6, 6.07) is 8.33. The fourth-order valence-electron chi connectivity index (χ4n) is 3.65. The Morgan fingerprint density at radius 1 is 1.18 bits per heavy atom. The minimum atomic E-state index is 0.337. The van der Waals surface area contributed by atoms with E-state index in [1.807, 2.05) is 19.4 Å². The lowest BCUT2D eigenvalue weighted by atomic mass is 9.97. The van der Waals surface area contributed by atoms with E-state index in [1.54, 1.807) is 0 Å². The van der Waals surface area contributed by atoms with Crippen LogP contribution in [0.3, 0.4) is 0 Å². The third-order valence-corrected chi connectivity index (χ3v) is 5.71. The highest BCUT2D eigenvalue weighted by molar-refractivity contribution is 5.59. The molecule has 0 spiro atoms. The van der Waals surface area contributed by atoms with Crippen molar-refractivity contribution in [3.8, 4) is 11.4 Å². The normalized spacial score (nSPS) is 15.8. The SMILES string of the molecule is CCN(C)c1ccc(-c2noc(C3CCN(Cc4nccn4C)CC3)n2)cc1. The highest BCUT2D eigenvalue weighted by atomic mass is 16.5. The van der Waals surface area contributed by atoms with Crippen molar-refractivity contribution in [1.29, 1.82) is 0 Å². The van der Waals surface area contributed by atoms with Gasteiger partial charge in [0.1, 0.15) is 5.82 Å². The van der Waals surface area contributed by atoms with Crippen LogP contribution in [0, 0.1) is 0 Å². The van der Waals surface area contributed by atoms with Crippen molar-refractivity contribution >= 4 is 5.69 Å². The van der Waals surface area contributed by atoms with Crippen LogP contribution in [0.1, 0.15) is 37.4 Å². The maximum absolute atomic E-state index is 5.61. The Hall–Kier alpha value is -2.67. The summed E-state index contributed by atoms with van der Waals surface area (Å²) in [6.07, 6.45) is 5.92. The number of aryl methyl sites for hydroxylation is 1. The lowest BCUT2D eigenvalue weighted by Crippen LogP contribution is -2.33. The molecule has 0 amide bonds. The number of imidazole rings is 1. The van der Waals surface area contributed by atoms with Crippen molar-refractivity contribution in [1.82, 2.24) is 24.6 Å². The smallest absolute Gasteiger partial charge is 0.230 e. The third-order valence-electron chi connectivity index (χ3n) is 5.71. The third kappa shape index (κ3) is 3.94. The van der Waals surface area contributed by atoms with E-state index in [-0.39, 0.29) is 0 Å². The molecule has 0 unspecified atom stereocenters. The molecule has 1 aliphatic heterocycles. The minimum Gasteiger partial charge on any atom is -0.375 e. The second-order valence-electron chi connectivity index (χ2n) is 7.52. The molecule has 0 bridgehead atoms. The monoisotopic (exact) mass is 380 g/mol. The van der Waals surface area contributed by atoms with Crippen molar-refractivity contribution in [3.05, 3.63) is 48.4 Å². The number of aromatic nitrogens is 4. The Balaban J connectivity index is 1.36. The Kier molecular flexibility index (Phi) is 5.43. The van der Waals surface area contributed by atoms with Crippen molar-refractivity contribution in [2.45, 2.75) is 32.2 Å². The van der Waals surface area contributed by atoms with Crippen LogP contribution in [0.4, 0.5) is 5.69 Å². The van der Waals surface area contributed by atoms with E-state index >= 15 is 0 Å². The van der Waals surface area contributed by atoms with Gasteiger partial charge in [-0.1, -0.05) is 5.16 Å². The van der Waals surface area contributed by atoms with Crippen LogP contribution >= 0.6 is 0 Å². The molecule has 148 valence electrons. The molecule has 1 aromatic carbocycles. The molecule has 4 rings (SSSR count). The summed E-state index contributed by atoms with van der Waals surface area (Å²) in [4.78, 5) is 13.8. The zero-order valence-electron chi connectivity index (χ0n) is 16.9. The second kappa shape index (κ2) is 8.14. The average molecular weight is 380 g/mol. The number of benzene rings is 1. The van der Waals surface area contributed by atoms with Crippen LogP contribution in [-0.2, 0) is 13.6 Å². The number of hydrogen-bond acceptors (Lipinski definition) is 6. The van der Waals surface area contributed by atoms with Crippen molar-refractivity contribution in [3.63, 3.8) is 0 Å². The molecular formula is C21H28N6O. The molecule has 3 heterocycles. The van der Waals surface area contributed by atoms with Gasteiger partial charge in [0.05, 0.1) is 6.54 Å². The van der Waals surface area contributed by atoms with E-state index in [9.17, 15) is 0 Å². The van der Waals surface area contributed by atoms with E-state index in [0.29, 0.717) is 11.7 Å². The molecule has 0 saturated carbocycles. The van der Waals surface area contributed by atoms with Crippen molar-refractivity contribution in [2.24, 2.45) is 7.05 Å². The van der Waals surface area contributed by atoms with E-state index in [0.717, 1.165) is 56.3 Å². The van der Waals surface area contributed by atoms with E-state index in [1.165, 1.54) is 5.69 Å². The molecule has 1 saturated heterocycles. The summed E-state index contributed by atoms with van der Waals surface area (Å²) in [5.41, 5.74) is 2.19. The first kappa shape index (κ1) is 18.7. The van der Waals surface area contributed by atoms with Gasteiger partial charge in [0.2, 0.25) is 11.7 Å². The van der Waals surface area contributed by atoms with Crippen LogP contribution in [0.5, 0.6) is 0 Å². The van der Waals surface area contributed by atoms with Gasteiger partial charge in [-0.2, -0.15) is 4.98 Å². The van der Waals surface area contributed by atoms with Gasteiger partial charge in [0, 0.05) is 50.2 Å². The molecule has 1 aliphatic rings. The summed E-state index contributed by atoms with van der Waals surface area (Å²) in [5.74, 6) is 2.89. The Morgan fingerprint density at radius 2 is 1.93 bits per heavy atom. The van der Waals surface area contributed by atoms with Crippen LogP contribution in [0.15, 0.2) is 41.2 Å². The molecule has 7 nitrogen and oxygen atoms in total. The maximum Gasteiger partial charge on any atom is 0.230 e. The molecule has 3 aromatic rings. The molecule has 0 N–H and O–H groups in total. The molecule has 0 atom stereocenters. The molecule has 0 radical (unpaired) electrons. The number of hydrogen-bond donors (Lipinski definition) is 0. The van der Waals surface area contributed by atoms with Gasteiger partial charge in [0.25, 0.3) is 0 Å². The predicted molar refractivity (Wildman–Crippen MR) is 109 cm³/mol. The Labute approximate surface area is 166 Å². The summed E-state index contributed by atoms with van der Waals surface area (Å²) < 4.78 is 7.69. The van der Waals surface area contributed by atoms with Gasteiger partial charge in [-0.3, -0.25) is 4.90 Å². The van der Waals surface area contributed by atoms with E-state index in [2.05, 4.69) is 67.7 Å². The Bertz CT molecular complexity index is 892. The first-order chi connectivity index (χ1) is 13.6. The Morgan fingerprint density at radius 3 is 2.57 bits per heavy atom. The van der Waals surface area contributed by atoms with Gasteiger partial charge in [0.15, 0.2) is 0 Å². The van der Waals surface area contributed by atoms with Gasteiger partial charge < -0.3 is 14.0 Å². The zero-order chi connectivity index (χ0) is 19.5. The van der Waals surface area contributed by atoms with E-state index < -0.39 is 0 Å². The number of nitrogens with zero attached hydrogens (tertiary/aromatic N) is 6. The van der Waals surface area contributed by atoms with Crippen LogP contribution in [-0.4, -0.2) is 51.3 Å². The van der Waals surface area contributed by atoms with E-state index in [4.69, 9.17) is 4.52 Å². The molecular weight excluding hydrogens is 352 g/mol. The average Bonchev–Trinajstić information content (AvgIpc) is 3.38. The number of rotatable bonds is 6. The first-order valence-electron chi connectivity index (χ1n) is 9.97. The topological polar surface area (TPSA) is 63.2 Å². The molecule has 0 aliphatic carbocycles. The van der Waals surface area contributed by atoms with Crippen molar-refractivity contribution < 1.29 is 4.52 Å². The van der Waals surface area contributed by atoms with Crippen LogP contribution < -0.4 is 4.90 Å². The number of likely N-dealkylation sites (tertiary alicyclic amines) is 1. The molecule has 1 fully saturated rings.